The molecule has 0 spiro atoms. The Bertz CT molecular complexity index is 943. The van der Waals surface area contributed by atoms with Crippen molar-refractivity contribution in [1.29, 1.82) is 0 Å². The van der Waals surface area contributed by atoms with Gasteiger partial charge < -0.3 is 10.0 Å². The van der Waals surface area contributed by atoms with E-state index >= 15 is 0 Å². The summed E-state index contributed by atoms with van der Waals surface area (Å²) in [5, 5.41) is 10.3. The van der Waals surface area contributed by atoms with Gasteiger partial charge in [0.1, 0.15) is 11.5 Å². The summed E-state index contributed by atoms with van der Waals surface area (Å²) in [5.41, 5.74) is 0.387. The number of nitrogens with zero attached hydrogens (tertiary/aromatic N) is 6. The van der Waals surface area contributed by atoms with Gasteiger partial charge in [0.05, 0.1) is 19.2 Å². The molecular formula is C17H18N6O2. The molecule has 4 heterocycles. The molecule has 25 heavy (non-hydrogen) atoms. The number of aromatic nitrogens is 5. The summed E-state index contributed by atoms with van der Waals surface area (Å²) in [6.45, 7) is 1.12. The summed E-state index contributed by atoms with van der Waals surface area (Å²) in [5.74, 6) is 1.09. The highest BCUT2D eigenvalue weighted by Crippen LogP contribution is 2.23. The maximum atomic E-state index is 12.4. The number of pyridine rings is 1. The van der Waals surface area contributed by atoms with Crippen molar-refractivity contribution in [3.05, 3.63) is 53.0 Å². The lowest BCUT2D eigenvalue weighted by atomic mass is 10.2. The Labute approximate surface area is 143 Å². The molecule has 128 valence electrons. The van der Waals surface area contributed by atoms with Gasteiger partial charge in [-0.1, -0.05) is 0 Å². The number of aliphatic hydroxyl groups is 1. The summed E-state index contributed by atoms with van der Waals surface area (Å²) < 4.78 is 1.56. The second-order valence-corrected chi connectivity index (χ2v) is 6.04. The molecule has 3 aromatic heterocycles. The van der Waals surface area contributed by atoms with Crippen LogP contribution in [0.4, 0.5) is 5.95 Å². The zero-order chi connectivity index (χ0) is 17.2. The van der Waals surface area contributed by atoms with Gasteiger partial charge in [-0.05, 0) is 25.0 Å². The molecule has 1 aliphatic rings. The third-order valence-corrected chi connectivity index (χ3v) is 4.47. The summed E-state index contributed by atoms with van der Waals surface area (Å²) in [6.07, 6.45) is 6.92. The van der Waals surface area contributed by atoms with Gasteiger partial charge in [-0.15, -0.1) is 0 Å². The Balaban J connectivity index is 1.80. The average Bonchev–Trinajstić information content (AvgIpc) is 3.13. The summed E-state index contributed by atoms with van der Waals surface area (Å²) in [7, 11) is 0. The van der Waals surface area contributed by atoms with Crippen molar-refractivity contribution < 1.29 is 5.11 Å². The number of fused-ring (bicyclic) bond motifs is 1. The van der Waals surface area contributed by atoms with Gasteiger partial charge in [-0.25, -0.2) is 15.0 Å². The molecule has 0 bridgehead atoms. The predicted octanol–water partition coefficient (Wildman–Crippen LogP) is 0.591. The van der Waals surface area contributed by atoms with Crippen LogP contribution in [0.1, 0.15) is 18.7 Å². The molecule has 0 amide bonds. The van der Waals surface area contributed by atoms with E-state index in [0.29, 0.717) is 17.4 Å². The first kappa shape index (κ1) is 15.6. The number of hydrogen-bond donors (Lipinski definition) is 1. The van der Waals surface area contributed by atoms with Gasteiger partial charge in [-0.3, -0.25) is 9.36 Å². The van der Waals surface area contributed by atoms with Crippen molar-refractivity contribution in [2.24, 2.45) is 0 Å². The third-order valence-electron chi connectivity index (χ3n) is 4.47. The van der Waals surface area contributed by atoms with Crippen molar-refractivity contribution in [2.75, 3.05) is 18.1 Å². The first-order valence-electron chi connectivity index (χ1n) is 8.26. The minimum atomic E-state index is -0.162. The quantitative estimate of drug-likeness (QED) is 0.743. The molecular weight excluding hydrogens is 320 g/mol. The molecule has 1 aliphatic heterocycles. The molecule has 1 saturated heterocycles. The van der Waals surface area contributed by atoms with Crippen LogP contribution in [-0.2, 0) is 6.54 Å². The van der Waals surface area contributed by atoms with E-state index in [0.717, 1.165) is 24.8 Å². The summed E-state index contributed by atoms with van der Waals surface area (Å²) in [4.78, 5) is 31.8. The number of anilines is 1. The third kappa shape index (κ3) is 2.96. The Morgan fingerprint density at radius 3 is 2.84 bits per heavy atom. The molecule has 1 atom stereocenters. The van der Waals surface area contributed by atoms with Gasteiger partial charge in [0.15, 0.2) is 0 Å². The van der Waals surface area contributed by atoms with Crippen LogP contribution in [0, 0.1) is 0 Å². The zero-order valence-electron chi connectivity index (χ0n) is 13.6. The lowest BCUT2D eigenvalue weighted by Crippen LogP contribution is -2.33. The molecule has 1 N–H and O–H groups in total. The highest BCUT2D eigenvalue weighted by atomic mass is 16.3. The molecule has 0 aliphatic carbocycles. The van der Waals surface area contributed by atoms with Gasteiger partial charge in [0.2, 0.25) is 5.95 Å². The Hall–Kier alpha value is -2.87. The fraction of sp³-hybridized carbons (Fsp3) is 0.353. The monoisotopic (exact) mass is 338 g/mol. The smallest absolute Gasteiger partial charge is 0.252 e. The van der Waals surface area contributed by atoms with Crippen LogP contribution in [0.2, 0.25) is 0 Å². The molecule has 1 unspecified atom stereocenters. The van der Waals surface area contributed by atoms with Crippen LogP contribution in [0.25, 0.3) is 11.0 Å². The average molecular weight is 338 g/mol. The molecule has 1 fully saturated rings. The van der Waals surface area contributed by atoms with Crippen LogP contribution in [0.3, 0.4) is 0 Å². The topological polar surface area (TPSA) is 97.0 Å². The van der Waals surface area contributed by atoms with E-state index in [-0.39, 0.29) is 24.8 Å². The Kier molecular flexibility index (Phi) is 4.10. The van der Waals surface area contributed by atoms with Crippen LogP contribution in [0.15, 0.2) is 41.6 Å². The lowest BCUT2D eigenvalue weighted by Gasteiger charge is -2.23. The fourth-order valence-corrected chi connectivity index (χ4v) is 3.20. The second-order valence-electron chi connectivity index (χ2n) is 6.04. The largest absolute Gasteiger partial charge is 0.394 e. The summed E-state index contributed by atoms with van der Waals surface area (Å²) in [6, 6.07) is 4.98. The van der Waals surface area contributed by atoms with Crippen LogP contribution in [-0.4, -0.2) is 48.8 Å². The van der Waals surface area contributed by atoms with Crippen molar-refractivity contribution >= 4 is 17.0 Å². The van der Waals surface area contributed by atoms with Crippen LogP contribution in [0.5, 0.6) is 0 Å². The van der Waals surface area contributed by atoms with Crippen molar-refractivity contribution in [3.63, 3.8) is 0 Å². The van der Waals surface area contributed by atoms with Crippen molar-refractivity contribution in [2.45, 2.75) is 25.4 Å². The zero-order valence-corrected chi connectivity index (χ0v) is 13.6. The van der Waals surface area contributed by atoms with Crippen molar-refractivity contribution in [3.8, 4) is 0 Å². The maximum absolute atomic E-state index is 12.4. The van der Waals surface area contributed by atoms with E-state index in [1.807, 2.05) is 4.90 Å². The molecule has 8 nitrogen and oxygen atoms in total. The minimum Gasteiger partial charge on any atom is -0.394 e. The molecule has 3 aromatic rings. The molecule has 8 heteroatoms. The van der Waals surface area contributed by atoms with E-state index in [1.165, 1.54) is 6.07 Å². The molecule has 0 radical (unpaired) electrons. The Morgan fingerprint density at radius 1 is 1.20 bits per heavy atom. The maximum Gasteiger partial charge on any atom is 0.252 e. The van der Waals surface area contributed by atoms with Gasteiger partial charge in [0, 0.05) is 36.6 Å². The van der Waals surface area contributed by atoms with Gasteiger partial charge >= 0.3 is 0 Å². The SMILES string of the molecule is O=c1ccc2cnc(N3CCCC3CO)nc2n1Cc1ncccn1. The van der Waals surface area contributed by atoms with E-state index < -0.39 is 0 Å². The standard InChI is InChI=1S/C17H18N6O2/c24-11-13-3-1-8-22(13)17-20-9-12-4-5-15(25)23(16(12)21-17)10-14-18-6-2-7-19-14/h2,4-7,9,13,24H,1,3,8,10-11H2. The first-order valence-corrected chi connectivity index (χ1v) is 8.26. The molecule has 4 rings (SSSR count). The Morgan fingerprint density at radius 2 is 2.04 bits per heavy atom. The minimum absolute atomic E-state index is 0.0267. The number of rotatable bonds is 4. The second kappa shape index (κ2) is 6.56. The van der Waals surface area contributed by atoms with E-state index in [4.69, 9.17) is 0 Å². The number of hydrogen-bond acceptors (Lipinski definition) is 7. The highest BCUT2D eigenvalue weighted by Gasteiger charge is 2.26. The molecule has 0 aromatic carbocycles. The van der Waals surface area contributed by atoms with E-state index in [9.17, 15) is 9.90 Å². The predicted molar refractivity (Wildman–Crippen MR) is 92.4 cm³/mol. The summed E-state index contributed by atoms with van der Waals surface area (Å²) >= 11 is 0. The van der Waals surface area contributed by atoms with E-state index in [1.54, 1.807) is 35.3 Å². The lowest BCUT2D eigenvalue weighted by molar-refractivity contribution is 0.265. The van der Waals surface area contributed by atoms with Gasteiger partial charge in [0.25, 0.3) is 5.56 Å². The molecule has 0 saturated carbocycles. The van der Waals surface area contributed by atoms with E-state index in [2.05, 4.69) is 19.9 Å². The first-order chi connectivity index (χ1) is 12.3. The fourth-order valence-electron chi connectivity index (χ4n) is 3.20. The number of aliphatic hydroxyl groups excluding tert-OH is 1. The van der Waals surface area contributed by atoms with Crippen molar-refractivity contribution in [1.82, 2.24) is 24.5 Å². The highest BCUT2D eigenvalue weighted by molar-refractivity contribution is 5.75. The van der Waals surface area contributed by atoms with Crippen LogP contribution < -0.4 is 10.5 Å². The normalized spacial score (nSPS) is 17.3. The van der Waals surface area contributed by atoms with Gasteiger partial charge in [-0.2, -0.15) is 4.98 Å². The van der Waals surface area contributed by atoms with Crippen LogP contribution >= 0.6 is 0 Å².